The first-order valence-electron chi connectivity index (χ1n) is 6.78. The van der Waals surface area contributed by atoms with Crippen molar-refractivity contribution in [3.05, 3.63) is 0 Å². The molecule has 1 N–H and O–H groups in total. The first kappa shape index (κ1) is 13.9. The quantitative estimate of drug-likeness (QED) is 0.642. The minimum Gasteiger partial charge on any atom is -0.377 e. The summed E-state index contributed by atoms with van der Waals surface area (Å²) in [4.78, 5) is 2.56. The summed E-state index contributed by atoms with van der Waals surface area (Å²) in [5.41, 5.74) is 0. The van der Waals surface area contributed by atoms with E-state index in [4.69, 9.17) is 4.74 Å². The molecule has 0 aromatic heterocycles. The van der Waals surface area contributed by atoms with Crippen molar-refractivity contribution in [2.24, 2.45) is 0 Å². The summed E-state index contributed by atoms with van der Waals surface area (Å²) in [6, 6.07) is 0.683. The van der Waals surface area contributed by atoms with Crippen LogP contribution in [0.3, 0.4) is 0 Å². The predicted molar refractivity (Wildman–Crippen MR) is 68.8 cm³/mol. The highest BCUT2D eigenvalue weighted by Gasteiger charge is 2.20. The third-order valence-electron chi connectivity index (χ3n) is 3.54. The molecule has 2 atom stereocenters. The molecule has 0 aromatic carbocycles. The maximum atomic E-state index is 5.71. The molecule has 0 aliphatic carbocycles. The topological polar surface area (TPSA) is 24.5 Å². The van der Waals surface area contributed by atoms with Crippen LogP contribution in [-0.2, 0) is 4.74 Å². The Morgan fingerprint density at radius 2 is 2.31 bits per heavy atom. The summed E-state index contributed by atoms with van der Waals surface area (Å²) in [5, 5.41) is 3.21. The van der Waals surface area contributed by atoms with Crippen LogP contribution in [0, 0.1) is 0 Å². The molecular formula is C13H28N2O. The summed E-state index contributed by atoms with van der Waals surface area (Å²) in [6.07, 6.45) is 5.53. The van der Waals surface area contributed by atoms with Crippen LogP contribution < -0.4 is 5.32 Å². The van der Waals surface area contributed by atoms with Gasteiger partial charge in [-0.3, -0.25) is 4.90 Å². The minimum atomic E-state index is 0.492. The Morgan fingerprint density at radius 3 is 2.88 bits per heavy atom. The van der Waals surface area contributed by atoms with Gasteiger partial charge in [0.15, 0.2) is 0 Å². The van der Waals surface area contributed by atoms with Gasteiger partial charge in [0, 0.05) is 19.2 Å². The molecule has 3 heteroatoms. The van der Waals surface area contributed by atoms with Crippen LogP contribution in [0.5, 0.6) is 0 Å². The summed E-state index contributed by atoms with van der Waals surface area (Å²) in [7, 11) is 2.02. The summed E-state index contributed by atoms with van der Waals surface area (Å²) >= 11 is 0. The lowest BCUT2D eigenvalue weighted by Gasteiger charge is -2.30. The normalized spacial score (nSPS) is 22.9. The van der Waals surface area contributed by atoms with Crippen molar-refractivity contribution in [1.82, 2.24) is 10.2 Å². The zero-order chi connectivity index (χ0) is 11.8. The van der Waals surface area contributed by atoms with Gasteiger partial charge in [-0.25, -0.2) is 0 Å². The highest BCUT2D eigenvalue weighted by molar-refractivity contribution is 4.74. The molecule has 0 radical (unpaired) electrons. The van der Waals surface area contributed by atoms with E-state index in [0.29, 0.717) is 12.1 Å². The molecule has 0 aromatic rings. The van der Waals surface area contributed by atoms with Gasteiger partial charge in [-0.2, -0.15) is 0 Å². The molecule has 0 spiro atoms. The van der Waals surface area contributed by atoms with E-state index in [1.165, 1.54) is 25.7 Å². The molecule has 0 bridgehead atoms. The third kappa shape index (κ3) is 4.81. The molecule has 1 aliphatic heterocycles. The SMILES string of the molecule is CCN(CC1CCCO1)C(C)CCCNC. The van der Waals surface area contributed by atoms with Gasteiger partial charge in [-0.05, 0) is 52.7 Å². The fourth-order valence-corrected chi connectivity index (χ4v) is 2.43. The molecule has 1 saturated heterocycles. The van der Waals surface area contributed by atoms with Gasteiger partial charge in [0.25, 0.3) is 0 Å². The number of nitrogens with one attached hydrogen (secondary N) is 1. The van der Waals surface area contributed by atoms with Gasteiger partial charge in [0.05, 0.1) is 6.10 Å². The van der Waals surface area contributed by atoms with Crippen LogP contribution in [0.2, 0.25) is 0 Å². The number of ether oxygens (including phenoxy) is 1. The van der Waals surface area contributed by atoms with Crippen LogP contribution in [-0.4, -0.2) is 50.3 Å². The fourth-order valence-electron chi connectivity index (χ4n) is 2.43. The van der Waals surface area contributed by atoms with E-state index in [1.807, 2.05) is 7.05 Å². The number of hydrogen-bond donors (Lipinski definition) is 1. The Balaban J connectivity index is 2.22. The first-order valence-corrected chi connectivity index (χ1v) is 6.78. The van der Waals surface area contributed by atoms with Crippen LogP contribution in [0.25, 0.3) is 0 Å². The van der Waals surface area contributed by atoms with Gasteiger partial charge >= 0.3 is 0 Å². The van der Waals surface area contributed by atoms with Gasteiger partial charge in [0.1, 0.15) is 0 Å². The minimum absolute atomic E-state index is 0.492. The molecule has 3 nitrogen and oxygen atoms in total. The van der Waals surface area contributed by atoms with Crippen molar-refractivity contribution in [3.63, 3.8) is 0 Å². The van der Waals surface area contributed by atoms with Crippen molar-refractivity contribution in [3.8, 4) is 0 Å². The first-order chi connectivity index (χ1) is 7.77. The van der Waals surface area contributed by atoms with Crippen molar-refractivity contribution < 1.29 is 4.74 Å². The second-order valence-corrected chi connectivity index (χ2v) is 4.82. The number of rotatable bonds is 8. The lowest BCUT2D eigenvalue weighted by atomic mass is 10.1. The van der Waals surface area contributed by atoms with Crippen molar-refractivity contribution in [2.75, 3.05) is 33.3 Å². The third-order valence-corrected chi connectivity index (χ3v) is 3.54. The molecule has 0 saturated carbocycles. The highest BCUT2D eigenvalue weighted by Crippen LogP contribution is 2.15. The van der Waals surface area contributed by atoms with Crippen LogP contribution in [0.1, 0.15) is 39.5 Å². The van der Waals surface area contributed by atoms with Crippen molar-refractivity contribution in [2.45, 2.75) is 51.7 Å². The lowest BCUT2D eigenvalue weighted by molar-refractivity contribution is 0.0602. The molecule has 16 heavy (non-hydrogen) atoms. The molecule has 1 fully saturated rings. The zero-order valence-corrected chi connectivity index (χ0v) is 11.2. The number of likely N-dealkylation sites (N-methyl/N-ethyl adjacent to an activating group) is 1. The van der Waals surface area contributed by atoms with Crippen LogP contribution >= 0.6 is 0 Å². The molecule has 2 unspecified atom stereocenters. The predicted octanol–water partition coefficient (Wildman–Crippen LogP) is 1.88. The van der Waals surface area contributed by atoms with Crippen LogP contribution in [0.15, 0.2) is 0 Å². The van der Waals surface area contributed by atoms with Gasteiger partial charge in [-0.1, -0.05) is 6.92 Å². The van der Waals surface area contributed by atoms with Crippen LogP contribution in [0.4, 0.5) is 0 Å². The monoisotopic (exact) mass is 228 g/mol. The van der Waals surface area contributed by atoms with Crippen molar-refractivity contribution >= 4 is 0 Å². The van der Waals surface area contributed by atoms with Gasteiger partial charge in [-0.15, -0.1) is 0 Å². The van der Waals surface area contributed by atoms with E-state index in [-0.39, 0.29) is 0 Å². The van der Waals surface area contributed by atoms with Gasteiger partial charge in [0.2, 0.25) is 0 Å². The average molecular weight is 228 g/mol. The summed E-state index contributed by atoms with van der Waals surface area (Å²) < 4.78 is 5.71. The lowest BCUT2D eigenvalue weighted by Crippen LogP contribution is -2.39. The molecule has 96 valence electrons. The number of hydrogen-bond acceptors (Lipinski definition) is 3. The smallest absolute Gasteiger partial charge is 0.0702 e. The van der Waals surface area contributed by atoms with Crippen molar-refractivity contribution in [1.29, 1.82) is 0 Å². The maximum Gasteiger partial charge on any atom is 0.0702 e. The molecular weight excluding hydrogens is 200 g/mol. The fraction of sp³-hybridized carbons (Fsp3) is 1.00. The largest absolute Gasteiger partial charge is 0.377 e. The van der Waals surface area contributed by atoms with E-state index >= 15 is 0 Å². The second-order valence-electron chi connectivity index (χ2n) is 4.82. The highest BCUT2D eigenvalue weighted by atomic mass is 16.5. The van der Waals surface area contributed by atoms with Gasteiger partial charge < -0.3 is 10.1 Å². The molecule has 1 rings (SSSR count). The van der Waals surface area contributed by atoms with E-state index in [1.54, 1.807) is 0 Å². The van der Waals surface area contributed by atoms with E-state index in [0.717, 1.165) is 26.2 Å². The number of nitrogens with zero attached hydrogens (tertiary/aromatic N) is 1. The maximum absolute atomic E-state index is 5.71. The van der Waals surface area contributed by atoms with E-state index in [2.05, 4.69) is 24.1 Å². The van der Waals surface area contributed by atoms with E-state index in [9.17, 15) is 0 Å². The second kappa shape index (κ2) is 8.04. The summed E-state index contributed by atoms with van der Waals surface area (Å²) in [5.74, 6) is 0. The average Bonchev–Trinajstić information content (AvgIpc) is 2.78. The Labute approximate surface area is 101 Å². The molecule has 1 aliphatic rings. The molecule has 0 amide bonds. The Morgan fingerprint density at radius 1 is 1.50 bits per heavy atom. The molecule has 1 heterocycles. The Kier molecular flexibility index (Phi) is 7.01. The summed E-state index contributed by atoms with van der Waals surface area (Å²) in [6.45, 7) is 8.95. The Bertz CT molecular complexity index is 169. The zero-order valence-electron chi connectivity index (χ0n) is 11.2. The van der Waals surface area contributed by atoms with E-state index < -0.39 is 0 Å². The standard InChI is InChI=1S/C13H28N2O/c1-4-15(11-13-8-6-10-16-13)12(2)7-5-9-14-3/h12-14H,4-11H2,1-3H3. The Hall–Kier alpha value is -0.120.